The molecule has 2 aromatic heterocycles. The van der Waals surface area contributed by atoms with Crippen LogP contribution >= 0.6 is 8.53 Å². The first-order chi connectivity index (χ1) is 18.6. The molecule has 0 aromatic carbocycles. The third-order valence-corrected chi connectivity index (χ3v) is 8.37. The van der Waals surface area contributed by atoms with Gasteiger partial charge in [-0.05, 0) is 62.3 Å². The zero-order valence-corrected chi connectivity index (χ0v) is 25.7. The number of nitrogen functional groups attached to an aromatic ring is 1. The molecule has 0 spiro atoms. The molecule has 0 amide bonds. The smallest absolute Gasteiger partial charge is 0.423 e. The van der Waals surface area contributed by atoms with Crippen LogP contribution in [0.3, 0.4) is 0 Å². The van der Waals surface area contributed by atoms with Gasteiger partial charge in [-0.3, -0.25) is 0 Å². The minimum absolute atomic E-state index is 0.0205. The summed E-state index contributed by atoms with van der Waals surface area (Å²) in [4.78, 5) is 35.2. The molecule has 224 valence electrons. The molecule has 14 nitrogen and oxygen atoms in total. The van der Waals surface area contributed by atoms with E-state index in [2.05, 4.69) is 42.3 Å². The van der Waals surface area contributed by atoms with E-state index in [1.165, 1.54) is 10.9 Å². The number of hydrogen-bond donors (Lipinski definition) is 1. The lowest BCUT2D eigenvalue weighted by Crippen LogP contribution is -2.38. The van der Waals surface area contributed by atoms with Gasteiger partial charge >= 0.3 is 11.8 Å². The molecule has 2 aliphatic rings. The number of fused-ring (bicyclic) bond motifs is 2. The fourth-order valence-electron chi connectivity index (χ4n) is 5.10. The Bertz CT molecular complexity index is 1280. The Balaban J connectivity index is 1.72. The van der Waals surface area contributed by atoms with E-state index in [0.717, 1.165) is 4.57 Å². The van der Waals surface area contributed by atoms with Crippen molar-refractivity contribution in [3.8, 4) is 0 Å². The Labute approximate surface area is 235 Å². The highest BCUT2D eigenvalue weighted by Crippen LogP contribution is 2.48. The Morgan fingerprint density at radius 3 is 2.38 bits per heavy atom. The third-order valence-electron chi connectivity index (χ3n) is 6.39. The number of nitrogens with two attached hydrogens (primary N) is 1. The van der Waals surface area contributed by atoms with Crippen LogP contribution < -0.4 is 11.4 Å². The predicted molar refractivity (Wildman–Crippen MR) is 148 cm³/mol. The molecule has 0 saturated carbocycles. The van der Waals surface area contributed by atoms with Gasteiger partial charge in [0.25, 0.3) is 8.53 Å². The largest absolute Gasteiger partial charge is 0.443 e. The molecule has 0 bridgehead atoms. The Hall–Kier alpha value is -2.19. The summed E-state index contributed by atoms with van der Waals surface area (Å²) < 4.78 is 40.5. The highest BCUT2D eigenvalue weighted by Gasteiger charge is 2.57. The van der Waals surface area contributed by atoms with E-state index in [0.29, 0.717) is 0 Å². The molecule has 0 aliphatic carbocycles. The van der Waals surface area contributed by atoms with Gasteiger partial charge in [0.1, 0.15) is 35.8 Å². The lowest BCUT2D eigenvalue weighted by Gasteiger charge is -2.35. The molecule has 2 N–H and O–H groups in total. The van der Waals surface area contributed by atoms with E-state index >= 15 is 0 Å². The number of nitrogens with zero attached hydrogens (tertiary/aromatic N) is 5. The van der Waals surface area contributed by atoms with E-state index < -0.39 is 56.2 Å². The number of carbonyl (C=O) groups excluding carboxylic acids is 1. The maximum Gasteiger partial charge on any atom is 0.423 e. The number of hydrogen-bond acceptors (Lipinski definition) is 12. The van der Waals surface area contributed by atoms with E-state index in [-0.39, 0.29) is 35.7 Å². The zero-order chi connectivity index (χ0) is 29.7. The van der Waals surface area contributed by atoms with Gasteiger partial charge in [0.2, 0.25) is 0 Å². The Morgan fingerprint density at radius 1 is 1.18 bits per heavy atom. The van der Waals surface area contributed by atoms with Crippen LogP contribution in [0.2, 0.25) is 0 Å². The van der Waals surface area contributed by atoms with Crippen LogP contribution in [0, 0.1) is 0 Å². The number of anilines is 1. The molecule has 2 saturated heterocycles. The lowest BCUT2D eigenvalue weighted by atomic mass is 10.1. The number of ether oxygens (including phenoxy) is 4. The van der Waals surface area contributed by atoms with Crippen LogP contribution in [-0.2, 0) is 28.0 Å². The van der Waals surface area contributed by atoms with E-state index in [1.54, 1.807) is 41.7 Å². The number of imidazole rings is 1. The quantitative estimate of drug-likeness (QED) is 0.452. The highest BCUT2D eigenvalue weighted by atomic mass is 31.2. The summed E-state index contributed by atoms with van der Waals surface area (Å²) in [5, 5.41) is 0. The lowest BCUT2D eigenvalue weighted by molar-refractivity contribution is -0.199. The second-order valence-corrected chi connectivity index (χ2v) is 13.4. The molecular formula is C25H41N6O8P. The van der Waals surface area contributed by atoms with E-state index in [9.17, 15) is 9.59 Å². The second-order valence-electron chi connectivity index (χ2n) is 11.8. The summed E-state index contributed by atoms with van der Waals surface area (Å²) in [5.74, 6) is -1.01. The van der Waals surface area contributed by atoms with Crippen LogP contribution in [0.15, 0.2) is 11.1 Å². The molecule has 15 heteroatoms. The van der Waals surface area contributed by atoms with E-state index in [1.807, 2.05) is 0 Å². The fraction of sp³-hybridized carbons (Fsp3) is 0.760. The Kier molecular flexibility index (Phi) is 8.64. The van der Waals surface area contributed by atoms with E-state index in [4.69, 9.17) is 33.7 Å². The number of rotatable bonds is 8. The van der Waals surface area contributed by atoms with Gasteiger partial charge in [0, 0.05) is 19.2 Å². The minimum Gasteiger partial charge on any atom is -0.443 e. The van der Waals surface area contributed by atoms with Crippen molar-refractivity contribution in [3.63, 3.8) is 0 Å². The SMILES string of the molecule is COP(OC[C@H]1O[C@@H](n2c(=O)n(C(=O)OC(C)(C)C)c3c(N)ncnc32)[C@@H]2OC(C)(C)O[C@@H]21)N(C(C)C)C(C)C. The van der Waals surface area contributed by atoms with Gasteiger partial charge < -0.3 is 33.7 Å². The average molecular weight is 585 g/mol. The van der Waals surface area contributed by atoms with Crippen LogP contribution in [0.25, 0.3) is 11.2 Å². The predicted octanol–water partition coefficient (Wildman–Crippen LogP) is 3.38. The molecule has 4 heterocycles. The summed E-state index contributed by atoms with van der Waals surface area (Å²) in [6.07, 6.45) is -2.61. The molecule has 2 fully saturated rings. The molecule has 40 heavy (non-hydrogen) atoms. The first-order valence-corrected chi connectivity index (χ1v) is 14.4. The van der Waals surface area contributed by atoms with Gasteiger partial charge in [-0.1, -0.05) is 0 Å². The number of carbonyl (C=O) groups is 1. The van der Waals surface area contributed by atoms with Crippen LogP contribution in [0.5, 0.6) is 0 Å². The topological polar surface area (TPSA) is 154 Å². The van der Waals surface area contributed by atoms with Gasteiger partial charge in [0.05, 0.1) is 6.61 Å². The van der Waals surface area contributed by atoms with Gasteiger partial charge in [-0.2, -0.15) is 4.57 Å². The number of aromatic nitrogens is 4. The normalized spacial score (nSPS) is 25.3. The van der Waals surface area contributed by atoms with Gasteiger partial charge in [0.15, 0.2) is 23.5 Å². The third kappa shape index (κ3) is 5.89. The maximum atomic E-state index is 13.8. The van der Waals surface area contributed by atoms with Crippen molar-refractivity contribution in [1.82, 2.24) is 23.8 Å². The maximum absolute atomic E-state index is 13.8. The summed E-state index contributed by atoms with van der Waals surface area (Å²) in [6.45, 7) is 17.1. The summed E-state index contributed by atoms with van der Waals surface area (Å²) in [5.41, 5.74) is 4.64. The van der Waals surface area contributed by atoms with Crippen molar-refractivity contribution in [1.29, 1.82) is 0 Å². The van der Waals surface area contributed by atoms with Crippen molar-refractivity contribution in [2.75, 3.05) is 19.5 Å². The molecule has 5 atom stereocenters. The van der Waals surface area contributed by atoms with Crippen molar-refractivity contribution >= 4 is 31.6 Å². The first kappa shape index (κ1) is 30.8. The molecule has 4 rings (SSSR count). The van der Waals surface area contributed by atoms with Crippen molar-refractivity contribution < 1.29 is 32.8 Å². The minimum atomic E-state index is -1.40. The molecule has 2 aromatic rings. The molecule has 0 radical (unpaired) electrons. The fourth-order valence-corrected chi connectivity index (χ4v) is 6.56. The monoisotopic (exact) mass is 584 g/mol. The average Bonchev–Trinajstić information content (AvgIpc) is 3.41. The zero-order valence-electron chi connectivity index (χ0n) is 24.8. The molecular weight excluding hydrogens is 543 g/mol. The molecule has 1 unspecified atom stereocenters. The van der Waals surface area contributed by atoms with Gasteiger partial charge in [-0.25, -0.2) is 28.8 Å². The van der Waals surface area contributed by atoms with Crippen molar-refractivity contribution in [2.45, 2.75) is 110 Å². The van der Waals surface area contributed by atoms with Crippen LogP contribution in [0.4, 0.5) is 10.6 Å². The van der Waals surface area contributed by atoms with Crippen molar-refractivity contribution in [3.05, 3.63) is 16.8 Å². The van der Waals surface area contributed by atoms with Crippen LogP contribution in [-0.4, -0.2) is 85.4 Å². The van der Waals surface area contributed by atoms with Gasteiger partial charge in [-0.15, -0.1) is 0 Å². The standard InChI is InChI=1S/C25H41N6O8P/c1-13(2)31(14(3)4)40(34-10)35-11-15-17-18(38-25(8,9)37-17)21(36-15)30-20-16(19(26)27-12-28-20)29(22(30)32)23(33)39-24(5,6)7/h12-15,17-18,21H,11H2,1-10H3,(H2,26,27,28)/t15-,17-,18-,21-,40?/m1/s1. The summed E-state index contributed by atoms with van der Waals surface area (Å²) in [6, 6.07) is 0.368. The second kappa shape index (κ2) is 11.2. The van der Waals surface area contributed by atoms with Crippen molar-refractivity contribution in [2.24, 2.45) is 0 Å². The van der Waals surface area contributed by atoms with Crippen LogP contribution in [0.1, 0.15) is 68.5 Å². The summed E-state index contributed by atoms with van der Waals surface area (Å²) in [7, 11) is 0.211. The highest BCUT2D eigenvalue weighted by molar-refractivity contribution is 7.44. The summed E-state index contributed by atoms with van der Waals surface area (Å²) >= 11 is 0. The Morgan fingerprint density at radius 2 is 1.80 bits per heavy atom. The first-order valence-electron chi connectivity index (χ1n) is 13.3. The molecule has 2 aliphatic heterocycles.